The summed E-state index contributed by atoms with van der Waals surface area (Å²) in [5.74, 6) is 1.32. The van der Waals surface area contributed by atoms with Gasteiger partial charge in [-0.25, -0.2) is 4.98 Å². The highest BCUT2D eigenvalue weighted by atomic mass is 32.2. The predicted molar refractivity (Wildman–Crippen MR) is 72.5 cm³/mol. The van der Waals surface area contributed by atoms with Gasteiger partial charge in [0.25, 0.3) is 0 Å². The smallest absolute Gasteiger partial charge is 0.230 e. The molecule has 1 amide bonds. The summed E-state index contributed by atoms with van der Waals surface area (Å²) in [6, 6.07) is 2.19. The molecule has 1 aromatic rings. The lowest BCUT2D eigenvalue weighted by Gasteiger charge is -2.06. The molecule has 0 atom stereocenters. The van der Waals surface area contributed by atoms with Crippen molar-refractivity contribution in [3.63, 3.8) is 0 Å². The minimum atomic E-state index is 0.0460. The molecule has 1 aliphatic carbocycles. The van der Waals surface area contributed by atoms with E-state index in [4.69, 9.17) is 5.73 Å². The average molecular weight is 267 g/mol. The van der Waals surface area contributed by atoms with E-state index in [2.05, 4.69) is 20.6 Å². The molecule has 0 radical (unpaired) electrons. The molecule has 2 rings (SSSR count). The Kier molecular flexibility index (Phi) is 4.24. The van der Waals surface area contributed by atoms with Crippen LogP contribution in [0.2, 0.25) is 0 Å². The van der Waals surface area contributed by atoms with Crippen LogP contribution in [-0.4, -0.2) is 34.2 Å². The lowest BCUT2D eigenvalue weighted by molar-refractivity contribution is -0.118. The number of thioether (sulfide) groups is 1. The van der Waals surface area contributed by atoms with Gasteiger partial charge in [0.1, 0.15) is 10.8 Å². The van der Waals surface area contributed by atoms with Gasteiger partial charge in [0, 0.05) is 18.7 Å². The monoisotopic (exact) mass is 267 g/mol. The van der Waals surface area contributed by atoms with E-state index in [-0.39, 0.29) is 11.9 Å². The van der Waals surface area contributed by atoms with Crippen LogP contribution in [0.1, 0.15) is 19.8 Å². The highest BCUT2D eigenvalue weighted by Crippen LogP contribution is 2.21. The van der Waals surface area contributed by atoms with Gasteiger partial charge < -0.3 is 16.4 Å². The van der Waals surface area contributed by atoms with Crippen molar-refractivity contribution in [2.45, 2.75) is 30.8 Å². The molecule has 0 saturated heterocycles. The topological polar surface area (TPSA) is 92.9 Å². The predicted octanol–water partition coefficient (Wildman–Crippen LogP) is 0.861. The van der Waals surface area contributed by atoms with Gasteiger partial charge >= 0.3 is 0 Å². The SMILES string of the molecule is CCNc1cc(SCC(=O)NC2CC2)nc(N)n1. The number of hydrogen-bond donors (Lipinski definition) is 3. The van der Waals surface area contributed by atoms with Gasteiger partial charge in [0.15, 0.2) is 0 Å². The van der Waals surface area contributed by atoms with Crippen LogP contribution in [0.4, 0.5) is 11.8 Å². The zero-order chi connectivity index (χ0) is 13.0. The molecular formula is C11H17N5OS. The van der Waals surface area contributed by atoms with Crippen molar-refractivity contribution in [3.8, 4) is 0 Å². The molecule has 0 unspecified atom stereocenters. The first kappa shape index (κ1) is 12.9. The first-order chi connectivity index (χ1) is 8.67. The highest BCUT2D eigenvalue weighted by Gasteiger charge is 2.23. The largest absolute Gasteiger partial charge is 0.370 e. The summed E-state index contributed by atoms with van der Waals surface area (Å²) in [6.45, 7) is 2.75. The molecule has 4 N–H and O–H groups in total. The van der Waals surface area contributed by atoms with E-state index in [0.29, 0.717) is 22.6 Å². The summed E-state index contributed by atoms with van der Waals surface area (Å²) in [4.78, 5) is 19.7. The van der Waals surface area contributed by atoms with Crippen LogP contribution in [0.25, 0.3) is 0 Å². The molecule has 18 heavy (non-hydrogen) atoms. The van der Waals surface area contributed by atoms with Gasteiger partial charge in [0.05, 0.1) is 5.75 Å². The van der Waals surface area contributed by atoms with Crippen LogP contribution in [0.5, 0.6) is 0 Å². The molecule has 98 valence electrons. The van der Waals surface area contributed by atoms with Crippen molar-refractivity contribution < 1.29 is 4.79 Å². The molecule has 6 nitrogen and oxygen atoms in total. The van der Waals surface area contributed by atoms with E-state index >= 15 is 0 Å². The molecule has 1 aliphatic rings. The Hall–Kier alpha value is -1.50. The summed E-state index contributed by atoms with van der Waals surface area (Å²) in [5.41, 5.74) is 5.61. The third-order valence-electron chi connectivity index (χ3n) is 2.37. The number of anilines is 2. The number of nitrogens with zero attached hydrogens (tertiary/aromatic N) is 2. The van der Waals surface area contributed by atoms with Crippen molar-refractivity contribution in [3.05, 3.63) is 6.07 Å². The molecule has 0 aliphatic heterocycles. The van der Waals surface area contributed by atoms with Crippen molar-refractivity contribution in [2.75, 3.05) is 23.3 Å². The zero-order valence-corrected chi connectivity index (χ0v) is 11.1. The number of carbonyl (C=O) groups excluding carboxylic acids is 1. The molecular weight excluding hydrogens is 250 g/mol. The molecule has 0 aromatic carbocycles. The van der Waals surface area contributed by atoms with Crippen LogP contribution >= 0.6 is 11.8 Å². The number of amides is 1. The van der Waals surface area contributed by atoms with E-state index in [1.54, 1.807) is 6.07 Å². The normalized spacial score (nSPS) is 14.3. The Morgan fingerprint density at radius 2 is 2.33 bits per heavy atom. The second kappa shape index (κ2) is 5.90. The van der Waals surface area contributed by atoms with Gasteiger partial charge in [0.2, 0.25) is 11.9 Å². The quantitative estimate of drug-likeness (QED) is 0.523. The number of hydrogen-bond acceptors (Lipinski definition) is 6. The van der Waals surface area contributed by atoms with Crippen LogP contribution in [0.15, 0.2) is 11.1 Å². The van der Waals surface area contributed by atoms with Crippen LogP contribution < -0.4 is 16.4 Å². The number of aromatic nitrogens is 2. The van der Waals surface area contributed by atoms with Crippen molar-refractivity contribution >= 4 is 29.4 Å². The fourth-order valence-corrected chi connectivity index (χ4v) is 2.14. The Labute approximate surface area is 110 Å². The van der Waals surface area contributed by atoms with Gasteiger partial charge in [-0.05, 0) is 19.8 Å². The maximum atomic E-state index is 11.5. The number of carbonyl (C=O) groups is 1. The number of nitrogens with two attached hydrogens (primary N) is 1. The number of nitrogen functional groups attached to an aromatic ring is 1. The lowest BCUT2D eigenvalue weighted by Crippen LogP contribution is -2.27. The Morgan fingerprint density at radius 3 is 3.00 bits per heavy atom. The maximum Gasteiger partial charge on any atom is 0.230 e. The maximum absolute atomic E-state index is 11.5. The van der Waals surface area contributed by atoms with Crippen LogP contribution in [-0.2, 0) is 4.79 Å². The molecule has 1 saturated carbocycles. The third-order valence-corrected chi connectivity index (χ3v) is 3.28. The second-order valence-electron chi connectivity index (χ2n) is 4.11. The van der Waals surface area contributed by atoms with E-state index in [0.717, 1.165) is 19.4 Å². The summed E-state index contributed by atoms with van der Waals surface area (Å²) in [5, 5.41) is 6.71. The fraction of sp³-hybridized carbons (Fsp3) is 0.545. The zero-order valence-electron chi connectivity index (χ0n) is 10.3. The van der Waals surface area contributed by atoms with E-state index in [9.17, 15) is 4.79 Å². The summed E-state index contributed by atoms with van der Waals surface area (Å²) in [6.07, 6.45) is 2.20. The third kappa shape index (κ3) is 4.06. The van der Waals surface area contributed by atoms with Crippen molar-refractivity contribution in [1.82, 2.24) is 15.3 Å². The van der Waals surface area contributed by atoms with Gasteiger partial charge in [-0.15, -0.1) is 0 Å². The summed E-state index contributed by atoms with van der Waals surface area (Å²) in [7, 11) is 0. The van der Waals surface area contributed by atoms with Gasteiger partial charge in [-0.1, -0.05) is 11.8 Å². The molecule has 1 aromatic heterocycles. The van der Waals surface area contributed by atoms with Crippen molar-refractivity contribution in [2.24, 2.45) is 0 Å². The molecule has 7 heteroatoms. The van der Waals surface area contributed by atoms with Crippen LogP contribution in [0.3, 0.4) is 0 Å². The lowest BCUT2D eigenvalue weighted by atomic mass is 10.5. The fourth-order valence-electron chi connectivity index (χ4n) is 1.42. The molecule has 1 fully saturated rings. The van der Waals surface area contributed by atoms with E-state index in [1.807, 2.05) is 6.92 Å². The minimum Gasteiger partial charge on any atom is -0.370 e. The second-order valence-corrected chi connectivity index (χ2v) is 5.11. The first-order valence-corrected chi connectivity index (χ1v) is 6.96. The van der Waals surface area contributed by atoms with Crippen molar-refractivity contribution in [1.29, 1.82) is 0 Å². The Balaban J connectivity index is 1.88. The van der Waals surface area contributed by atoms with Gasteiger partial charge in [-0.2, -0.15) is 4.98 Å². The molecule has 0 bridgehead atoms. The highest BCUT2D eigenvalue weighted by molar-refractivity contribution is 7.99. The van der Waals surface area contributed by atoms with E-state index < -0.39 is 0 Å². The van der Waals surface area contributed by atoms with Crippen LogP contribution in [0, 0.1) is 0 Å². The standard InChI is InChI=1S/C11H17N5OS/c1-2-13-8-5-10(16-11(12)15-8)18-6-9(17)14-7-3-4-7/h5,7H,2-4,6H2,1H3,(H,14,17)(H3,12,13,15,16). The average Bonchev–Trinajstić information content (AvgIpc) is 3.10. The number of nitrogens with one attached hydrogen (secondary N) is 2. The minimum absolute atomic E-state index is 0.0460. The van der Waals surface area contributed by atoms with E-state index in [1.165, 1.54) is 11.8 Å². The summed E-state index contributed by atoms with van der Waals surface area (Å²) >= 11 is 1.37. The Bertz CT molecular complexity index is 435. The first-order valence-electron chi connectivity index (χ1n) is 5.98. The molecule has 0 spiro atoms. The summed E-state index contributed by atoms with van der Waals surface area (Å²) < 4.78 is 0. The number of rotatable bonds is 6. The van der Waals surface area contributed by atoms with Gasteiger partial charge in [-0.3, -0.25) is 4.79 Å². The Morgan fingerprint density at radius 1 is 1.56 bits per heavy atom. The molecule has 1 heterocycles.